The molecule has 2 aromatic rings. The number of anilines is 1. The van der Waals surface area contributed by atoms with Gasteiger partial charge in [-0.3, -0.25) is 9.59 Å². The third-order valence-corrected chi connectivity index (χ3v) is 5.91. The van der Waals surface area contributed by atoms with E-state index < -0.39 is 0 Å². The Bertz CT molecular complexity index is 849. The van der Waals surface area contributed by atoms with Crippen LogP contribution in [0, 0.1) is 19.8 Å². The number of aryl methyl sites for hydroxylation is 2. The van der Waals surface area contributed by atoms with E-state index in [9.17, 15) is 9.59 Å². The number of amides is 2. The summed E-state index contributed by atoms with van der Waals surface area (Å²) < 4.78 is 5.20. The van der Waals surface area contributed by atoms with Gasteiger partial charge in [0.05, 0.1) is 12.1 Å². The van der Waals surface area contributed by atoms with Crippen molar-refractivity contribution in [1.29, 1.82) is 0 Å². The van der Waals surface area contributed by atoms with E-state index in [0.29, 0.717) is 24.6 Å². The quantitative estimate of drug-likeness (QED) is 0.793. The van der Waals surface area contributed by atoms with E-state index in [-0.39, 0.29) is 11.8 Å². The van der Waals surface area contributed by atoms with Crippen molar-refractivity contribution in [1.82, 2.24) is 9.88 Å². The Labute approximate surface area is 169 Å². The van der Waals surface area contributed by atoms with Crippen LogP contribution in [0.4, 0.5) is 5.69 Å². The fraction of sp³-hybridized carbons (Fsp3) is 0.476. The number of nitrogens with zero attached hydrogens (tertiary/aromatic N) is 2. The number of piperidine rings is 1. The molecule has 0 spiro atoms. The fourth-order valence-corrected chi connectivity index (χ4v) is 4.15. The number of rotatable bonds is 6. The summed E-state index contributed by atoms with van der Waals surface area (Å²) in [5, 5.41) is 5.71. The van der Waals surface area contributed by atoms with Crippen molar-refractivity contribution >= 4 is 28.8 Å². The molecule has 1 aromatic heterocycles. The average Bonchev–Trinajstić information content (AvgIpc) is 3.14. The van der Waals surface area contributed by atoms with E-state index in [1.165, 1.54) is 11.3 Å². The number of nitrogens with one attached hydrogen (secondary N) is 1. The average molecular weight is 402 g/mol. The molecule has 0 radical (unpaired) electrons. The lowest BCUT2D eigenvalue weighted by molar-refractivity contribution is -0.116. The lowest BCUT2D eigenvalue weighted by Gasteiger charge is -2.32. The summed E-state index contributed by atoms with van der Waals surface area (Å²) in [5.74, 6) is 1.14. The van der Waals surface area contributed by atoms with Gasteiger partial charge >= 0.3 is 0 Å². The monoisotopic (exact) mass is 401 g/mol. The van der Waals surface area contributed by atoms with Gasteiger partial charge in [-0.2, -0.15) is 0 Å². The first kappa shape index (κ1) is 20.3. The minimum atomic E-state index is 0.00634. The molecule has 3 rings (SSSR count). The van der Waals surface area contributed by atoms with Crippen molar-refractivity contribution in [2.24, 2.45) is 5.92 Å². The molecule has 0 unspecified atom stereocenters. The Kier molecular flexibility index (Phi) is 6.67. The van der Waals surface area contributed by atoms with Gasteiger partial charge in [0.25, 0.3) is 5.91 Å². The largest absolute Gasteiger partial charge is 0.497 e. The van der Waals surface area contributed by atoms with Crippen LogP contribution in [0.25, 0.3) is 0 Å². The number of aromatic nitrogens is 1. The van der Waals surface area contributed by atoms with Crippen molar-refractivity contribution < 1.29 is 14.3 Å². The number of hydrogen-bond donors (Lipinski definition) is 1. The summed E-state index contributed by atoms with van der Waals surface area (Å²) in [6, 6.07) is 5.61. The highest BCUT2D eigenvalue weighted by Gasteiger charge is 2.26. The molecule has 1 atom stereocenters. The number of ether oxygens (including phenoxy) is 1. The van der Waals surface area contributed by atoms with Crippen molar-refractivity contribution in [3.8, 4) is 5.75 Å². The third kappa shape index (κ3) is 5.10. The zero-order valence-electron chi connectivity index (χ0n) is 16.7. The highest BCUT2D eigenvalue weighted by molar-refractivity contribution is 7.09. The topological polar surface area (TPSA) is 71.5 Å². The maximum atomic E-state index is 12.6. The maximum absolute atomic E-state index is 12.6. The molecule has 0 aliphatic carbocycles. The molecule has 1 N–H and O–H groups in total. The third-order valence-electron chi connectivity index (χ3n) is 5.13. The van der Waals surface area contributed by atoms with Crippen molar-refractivity contribution in [2.45, 2.75) is 39.5 Å². The van der Waals surface area contributed by atoms with Gasteiger partial charge in [-0.05, 0) is 62.8 Å². The van der Waals surface area contributed by atoms with E-state index in [1.807, 2.05) is 42.3 Å². The Hall–Kier alpha value is -2.41. The number of carbonyl (C=O) groups is 2. The lowest BCUT2D eigenvalue weighted by atomic mass is 9.93. The van der Waals surface area contributed by atoms with Gasteiger partial charge in [0.2, 0.25) is 5.91 Å². The van der Waals surface area contributed by atoms with Crippen molar-refractivity contribution in [3.63, 3.8) is 0 Å². The first-order valence-electron chi connectivity index (χ1n) is 9.62. The molecule has 28 heavy (non-hydrogen) atoms. The summed E-state index contributed by atoms with van der Waals surface area (Å²) in [4.78, 5) is 31.2. The van der Waals surface area contributed by atoms with Crippen LogP contribution in [-0.4, -0.2) is 41.9 Å². The number of methoxy groups -OCH3 is 1. The summed E-state index contributed by atoms with van der Waals surface area (Å²) in [6.45, 7) is 5.32. The highest BCUT2D eigenvalue weighted by atomic mass is 32.1. The fourth-order valence-electron chi connectivity index (χ4n) is 3.56. The minimum absolute atomic E-state index is 0.00634. The predicted octanol–water partition coefficient (Wildman–Crippen LogP) is 4.04. The number of carbonyl (C=O) groups excluding carboxylic acids is 2. The van der Waals surface area contributed by atoms with Crippen LogP contribution in [0.5, 0.6) is 5.75 Å². The standard InChI is InChI=1S/C21H27N3O3S/c1-14-11-17(27-3)7-8-18(14)23-20(25)9-6-16-5-4-10-24(12-16)21(26)19-13-28-15(2)22-19/h7-8,11,13,16H,4-6,9-10,12H2,1-3H3,(H,23,25)/t16-/m1/s1. The maximum Gasteiger partial charge on any atom is 0.273 e. The normalized spacial score (nSPS) is 16.7. The second-order valence-electron chi connectivity index (χ2n) is 7.28. The van der Waals surface area contributed by atoms with Crippen LogP contribution in [0.15, 0.2) is 23.6 Å². The first-order valence-corrected chi connectivity index (χ1v) is 10.5. The molecule has 2 heterocycles. The van der Waals surface area contributed by atoms with Gasteiger partial charge in [-0.25, -0.2) is 4.98 Å². The number of benzene rings is 1. The molecule has 7 heteroatoms. The summed E-state index contributed by atoms with van der Waals surface area (Å²) in [7, 11) is 1.63. The van der Waals surface area contributed by atoms with E-state index >= 15 is 0 Å². The van der Waals surface area contributed by atoms with Crippen LogP contribution >= 0.6 is 11.3 Å². The molecule has 6 nitrogen and oxygen atoms in total. The van der Waals surface area contributed by atoms with Crippen molar-refractivity contribution in [2.75, 3.05) is 25.5 Å². The highest BCUT2D eigenvalue weighted by Crippen LogP contribution is 2.24. The Morgan fingerprint density at radius 3 is 2.86 bits per heavy atom. The first-order chi connectivity index (χ1) is 13.5. The van der Waals surface area contributed by atoms with Crippen LogP contribution in [0.1, 0.15) is 46.7 Å². The summed E-state index contributed by atoms with van der Waals surface area (Å²) in [6.07, 6.45) is 3.25. The van der Waals surface area contributed by atoms with E-state index in [2.05, 4.69) is 10.3 Å². The van der Waals surface area contributed by atoms with Crippen LogP contribution < -0.4 is 10.1 Å². The number of thiazole rings is 1. The molecule has 2 amide bonds. The molecular weight excluding hydrogens is 374 g/mol. The molecule has 1 saturated heterocycles. The Balaban J connectivity index is 1.50. The Morgan fingerprint density at radius 1 is 1.36 bits per heavy atom. The summed E-state index contributed by atoms with van der Waals surface area (Å²) in [5.41, 5.74) is 2.32. The van der Waals surface area contributed by atoms with Gasteiger partial charge in [0.1, 0.15) is 11.4 Å². The van der Waals surface area contributed by atoms with Gasteiger partial charge < -0.3 is 15.0 Å². The molecule has 1 fully saturated rings. The van der Waals surface area contributed by atoms with E-state index in [1.54, 1.807) is 7.11 Å². The summed E-state index contributed by atoms with van der Waals surface area (Å²) >= 11 is 1.50. The second kappa shape index (κ2) is 9.19. The van der Waals surface area contributed by atoms with Gasteiger partial charge in [0.15, 0.2) is 0 Å². The van der Waals surface area contributed by atoms with Gasteiger partial charge in [-0.15, -0.1) is 11.3 Å². The second-order valence-corrected chi connectivity index (χ2v) is 8.34. The molecule has 1 aliphatic rings. The van der Waals surface area contributed by atoms with Crippen molar-refractivity contribution in [3.05, 3.63) is 39.8 Å². The zero-order chi connectivity index (χ0) is 20.1. The molecule has 150 valence electrons. The molecule has 0 saturated carbocycles. The van der Waals surface area contributed by atoms with E-state index in [0.717, 1.165) is 47.8 Å². The Morgan fingerprint density at radius 2 is 2.18 bits per heavy atom. The molecule has 1 aromatic carbocycles. The van der Waals surface area contributed by atoms with Gasteiger partial charge in [-0.1, -0.05) is 0 Å². The SMILES string of the molecule is COc1ccc(NC(=O)CC[C@H]2CCCN(C(=O)c3csc(C)n3)C2)c(C)c1. The number of likely N-dealkylation sites (tertiary alicyclic amines) is 1. The van der Waals surface area contributed by atoms with Crippen LogP contribution in [0.3, 0.4) is 0 Å². The smallest absolute Gasteiger partial charge is 0.273 e. The molecule has 1 aliphatic heterocycles. The number of hydrogen-bond acceptors (Lipinski definition) is 5. The van der Waals surface area contributed by atoms with Crippen LogP contribution in [-0.2, 0) is 4.79 Å². The zero-order valence-corrected chi connectivity index (χ0v) is 17.5. The lowest BCUT2D eigenvalue weighted by Crippen LogP contribution is -2.40. The van der Waals surface area contributed by atoms with Gasteiger partial charge in [0, 0.05) is 30.6 Å². The molecule has 0 bridgehead atoms. The van der Waals surface area contributed by atoms with Crippen LogP contribution in [0.2, 0.25) is 0 Å². The minimum Gasteiger partial charge on any atom is -0.497 e. The predicted molar refractivity (Wildman–Crippen MR) is 111 cm³/mol. The van der Waals surface area contributed by atoms with E-state index in [4.69, 9.17) is 4.74 Å². The molecular formula is C21H27N3O3S.